The Labute approximate surface area is 176 Å². The van der Waals surface area contributed by atoms with Crippen LogP contribution in [0.4, 0.5) is 5.69 Å². The van der Waals surface area contributed by atoms with Gasteiger partial charge in [-0.05, 0) is 83.4 Å². The fraction of sp³-hybridized carbons (Fsp3) is 0.130. The zero-order valence-corrected chi connectivity index (χ0v) is 17.8. The van der Waals surface area contributed by atoms with E-state index in [-0.39, 0.29) is 5.91 Å². The number of anilines is 1. The van der Waals surface area contributed by atoms with Crippen molar-refractivity contribution in [3.05, 3.63) is 75.8 Å². The standard InChI is InChI=1S/C23H19BrN2O3/c1-13-4-8-18-21(10-13)29-23(26-18)16-6-5-14(2)19(12-16)25-22(27)15-7-9-20(28-3)17(24)11-15/h4-12H,1-3H3,(H,25,27). The van der Waals surface area contributed by atoms with Gasteiger partial charge in [0.2, 0.25) is 5.89 Å². The van der Waals surface area contributed by atoms with Crippen molar-refractivity contribution in [2.75, 3.05) is 12.4 Å². The summed E-state index contributed by atoms with van der Waals surface area (Å²) in [4.78, 5) is 17.3. The first-order valence-electron chi connectivity index (χ1n) is 9.08. The number of methoxy groups -OCH3 is 1. The fourth-order valence-electron chi connectivity index (χ4n) is 3.05. The summed E-state index contributed by atoms with van der Waals surface area (Å²) in [5, 5.41) is 2.97. The molecule has 1 N–H and O–H groups in total. The lowest BCUT2D eigenvalue weighted by molar-refractivity contribution is 0.102. The van der Waals surface area contributed by atoms with Gasteiger partial charge in [-0.15, -0.1) is 0 Å². The maximum atomic E-state index is 12.7. The predicted molar refractivity (Wildman–Crippen MR) is 118 cm³/mol. The summed E-state index contributed by atoms with van der Waals surface area (Å²) >= 11 is 3.41. The lowest BCUT2D eigenvalue weighted by Gasteiger charge is -2.11. The number of nitrogens with one attached hydrogen (secondary N) is 1. The molecule has 1 aromatic heterocycles. The number of hydrogen-bond acceptors (Lipinski definition) is 4. The highest BCUT2D eigenvalue weighted by Gasteiger charge is 2.14. The van der Waals surface area contributed by atoms with Crippen LogP contribution in [0.25, 0.3) is 22.6 Å². The number of ether oxygens (including phenoxy) is 1. The minimum Gasteiger partial charge on any atom is -0.496 e. The molecule has 4 aromatic rings. The van der Waals surface area contributed by atoms with Crippen molar-refractivity contribution in [3.63, 3.8) is 0 Å². The number of benzene rings is 3. The summed E-state index contributed by atoms with van der Waals surface area (Å²) in [6.45, 7) is 3.96. The van der Waals surface area contributed by atoms with Crippen molar-refractivity contribution in [1.82, 2.24) is 4.98 Å². The quantitative estimate of drug-likeness (QED) is 0.405. The zero-order chi connectivity index (χ0) is 20.5. The van der Waals surface area contributed by atoms with E-state index in [4.69, 9.17) is 9.15 Å². The molecule has 0 unspecified atom stereocenters. The number of halogens is 1. The summed E-state index contributed by atoms with van der Waals surface area (Å²) < 4.78 is 11.9. The second kappa shape index (κ2) is 7.72. The highest BCUT2D eigenvalue weighted by Crippen LogP contribution is 2.29. The van der Waals surface area contributed by atoms with Gasteiger partial charge >= 0.3 is 0 Å². The van der Waals surface area contributed by atoms with Crippen LogP contribution in [0.3, 0.4) is 0 Å². The molecule has 0 saturated heterocycles. The number of carbonyl (C=O) groups is 1. The van der Waals surface area contributed by atoms with Crippen molar-refractivity contribution in [2.45, 2.75) is 13.8 Å². The van der Waals surface area contributed by atoms with Crippen molar-refractivity contribution in [3.8, 4) is 17.2 Å². The van der Waals surface area contributed by atoms with E-state index in [2.05, 4.69) is 26.2 Å². The smallest absolute Gasteiger partial charge is 0.255 e. The Balaban J connectivity index is 1.64. The predicted octanol–water partition coefficient (Wildman–Crippen LogP) is 6.14. The van der Waals surface area contributed by atoms with Crippen LogP contribution in [0.2, 0.25) is 0 Å². The van der Waals surface area contributed by atoms with E-state index in [1.165, 1.54) is 0 Å². The van der Waals surface area contributed by atoms with Gasteiger partial charge in [0.1, 0.15) is 11.3 Å². The zero-order valence-electron chi connectivity index (χ0n) is 16.2. The molecule has 146 valence electrons. The van der Waals surface area contributed by atoms with E-state index in [1.807, 2.05) is 50.2 Å². The molecule has 0 aliphatic carbocycles. The number of rotatable bonds is 4. The minimum absolute atomic E-state index is 0.207. The van der Waals surface area contributed by atoms with Gasteiger partial charge in [0.15, 0.2) is 5.58 Å². The number of hydrogen-bond donors (Lipinski definition) is 1. The fourth-order valence-corrected chi connectivity index (χ4v) is 3.59. The maximum absolute atomic E-state index is 12.7. The number of oxazole rings is 1. The van der Waals surface area contributed by atoms with Crippen molar-refractivity contribution in [1.29, 1.82) is 0 Å². The van der Waals surface area contributed by atoms with Gasteiger partial charge < -0.3 is 14.5 Å². The molecule has 0 radical (unpaired) electrons. The first-order valence-corrected chi connectivity index (χ1v) is 9.87. The van der Waals surface area contributed by atoms with Gasteiger partial charge in [-0.3, -0.25) is 4.79 Å². The molecule has 0 saturated carbocycles. The van der Waals surface area contributed by atoms with Gasteiger partial charge in [-0.25, -0.2) is 4.98 Å². The summed E-state index contributed by atoms with van der Waals surface area (Å²) in [6.07, 6.45) is 0. The molecule has 0 spiro atoms. The molecule has 0 aliphatic heterocycles. The number of nitrogens with zero attached hydrogens (tertiary/aromatic N) is 1. The van der Waals surface area contributed by atoms with Crippen LogP contribution < -0.4 is 10.1 Å². The maximum Gasteiger partial charge on any atom is 0.255 e. The summed E-state index contributed by atoms with van der Waals surface area (Å²) in [5.41, 5.74) is 5.65. The Morgan fingerprint density at radius 1 is 1.07 bits per heavy atom. The van der Waals surface area contributed by atoms with E-state index in [1.54, 1.807) is 25.3 Å². The molecule has 0 atom stereocenters. The number of carbonyl (C=O) groups excluding carboxylic acids is 1. The van der Waals surface area contributed by atoms with Gasteiger partial charge in [-0.2, -0.15) is 0 Å². The molecule has 4 rings (SSSR count). The highest BCUT2D eigenvalue weighted by molar-refractivity contribution is 9.10. The van der Waals surface area contributed by atoms with E-state index in [0.717, 1.165) is 32.3 Å². The Bertz CT molecular complexity index is 1230. The van der Waals surface area contributed by atoms with E-state index >= 15 is 0 Å². The van der Waals surface area contributed by atoms with Crippen LogP contribution in [-0.2, 0) is 0 Å². The van der Waals surface area contributed by atoms with E-state index < -0.39 is 0 Å². The topological polar surface area (TPSA) is 64.4 Å². The largest absolute Gasteiger partial charge is 0.496 e. The van der Waals surface area contributed by atoms with Gasteiger partial charge in [-0.1, -0.05) is 12.1 Å². The summed E-state index contributed by atoms with van der Waals surface area (Å²) in [7, 11) is 1.59. The van der Waals surface area contributed by atoms with Crippen LogP contribution in [0.1, 0.15) is 21.5 Å². The number of fused-ring (bicyclic) bond motifs is 1. The van der Waals surface area contributed by atoms with Crippen molar-refractivity contribution in [2.24, 2.45) is 0 Å². The van der Waals surface area contributed by atoms with Crippen LogP contribution in [0.15, 0.2) is 63.5 Å². The molecule has 3 aromatic carbocycles. The molecule has 1 heterocycles. The van der Waals surface area contributed by atoms with Crippen molar-refractivity contribution >= 4 is 38.6 Å². The molecule has 5 nitrogen and oxygen atoms in total. The van der Waals surface area contributed by atoms with Crippen LogP contribution >= 0.6 is 15.9 Å². The molecule has 6 heteroatoms. The molecular formula is C23H19BrN2O3. The van der Waals surface area contributed by atoms with Gasteiger partial charge in [0.25, 0.3) is 5.91 Å². The first-order chi connectivity index (χ1) is 13.9. The van der Waals surface area contributed by atoms with Crippen molar-refractivity contribution < 1.29 is 13.9 Å². The van der Waals surface area contributed by atoms with Gasteiger partial charge in [0, 0.05) is 16.8 Å². The minimum atomic E-state index is -0.207. The Morgan fingerprint density at radius 2 is 1.90 bits per heavy atom. The van der Waals surface area contributed by atoms with E-state index in [9.17, 15) is 4.79 Å². The van der Waals surface area contributed by atoms with Crippen LogP contribution in [-0.4, -0.2) is 18.0 Å². The molecule has 0 aliphatic rings. The monoisotopic (exact) mass is 450 g/mol. The Hall–Kier alpha value is -3.12. The Kier molecular flexibility index (Phi) is 5.11. The molecular weight excluding hydrogens is 432 g/mol. The molecule has 0 fully saturated rings. The summed E-state index contributed by atoms with van der Waals surface area (Å²) in [5.74, 6) is 0.987. The average molecular weight is 451 g/mol. The lowest BCUT2D eigenvalue weighted by atomic mass is 10.1. The van der Waals surface area contributed by atoms with E-state index in [0.29, 0.717) is 22.9 Å². The second-order valence-electron chi connectivity index (χ2n) is 6.82. The first kappa shape index (κ1) is 19.2. The summed E-state index contributed by atoms with van der Waals surface area (Å²) in [6, 6.07) is 16.9. The van der Waals surface area contributed by atoms with Crippen LogP contribution in [0.5, 0.6) is 5.75 Å². The number of amides is 1. The van der Waals surface area contributed by atoms with Crippen LogP contribution in [0, 0.1) is 13.8 Å². The number of aromatic nitrogens is 1. The third kappa shape index (κ3) is 3.89. The lowest BCUT2D eigenvalue weighted by Crippen LogP contribution is -2.13. The molecule has 1 amide bonds. The second-order valence-corrected chi connectivity index (χ2v) is 7.68. The molecule has 0 bridgehead atoms. The number of aryl methyl sites for hydroxylation is 2. The SMILES string of the molecule is COc1ccc(C(=O)Nc2cc(-c3nc4ccc(C)cc4o3)ccc2C)cc1Br. The highest BCUT2D eigenvalue weighted by atomic mass is 79.9. The third-order valence-corrected chi connectivity index (χ3v) is 5.31. The normalized spacial score (nSPS) is 10.9. The Morgan fingerprint density at radius 3 is 2.66 bits per heavy atom. The van der Waals surface area contributed by atoms with Gasteiger partial charge in [0.05, 0.1) is 11.6 Å². The third-order valence-electron chi connectivity index (χ3n) is 4.69. The average Bonchev–Trinajstić information content (AvgIpc) is 3.12. The molecule has 29 heavy (non-hydrogen) atoms.